The van der Waals surface area contributed by atoms with E-state index in [2.05, 4.69) is 0 Å². The Morgan fingerprint density at radius 3 is 3.18 bits per heavy atom. The third-order valence-corrected chi connectivity index (χ3v) is 4.10. The van der Waals surface area contributed by atoms with Gasteiger partial charge in [-0.25, -0.2) is 4.39 Å². The van der Waals surface area contributed by atoms with Gasteiger partial charge in [-0.2, -0.15) is 0 Å². The average molecular weight is 234 g/mol. The smallest absolute Gasteiger partial charge is 0.309 e. The highest BCUT2D eigenvalue weighted by Crippen LogP contribution is 2.61. The van der Waals surface area contributed by atoms with Crippen molar-refractivity contribution in [2.45, 2.75) is 31.6 Å². The quantitative estimate of drug-likeness (QED) is 0.735. The number of benzene rings is 1. The number of ether oxygens (including phenoxy) is 1. The molecule has 1 fully saturated rings. The molecule has 1 spiro atoms. The normalized spacial score (nSPS) is 29.2. The lowest BCUT2D eigenvalue weighted by molar-refractivity contribution is -0.145. The summed E-state index contributed by atoms with van der Waals surface area (Å²) in [6.07, 6.45) is 2.73. The Morgan fingerprint density at radius 1 is 1.59 bits per heavy atom. The molecule has 1 saturated carbocycles. The lowest BCUT2D eigenvalue weighted by Gasteiger charge is -2.10. The number of hydrogen-bond acceptors (Lipinski definition) is 2. The highest BCUT2D eigenvalue weighted by atomic mass is 19.1. The molecule has 0 heterocycles. The summed E-state index contributed by atoms with van der Waals surface area (Å²) in [5.74, 6) is -0.380. The summed E-state index contributed by atoms with van der Waals surface area (Å²) in [5, 5.41) is 0. The lowest BCUT2D eigenvalue weighted by atomic mass is 9.95. The monoisotopic (exact) mass is 234 g/mol. The van der Waals surface area contributed by atoms with Crippen LogP contribution in [0.15, 0.2) is 18.2 Å². The third kappa shape index (κ3) is 1.48. The van der Waals surface area contributed by atoms with Crippen LogP contribution in [0.25, 0.3) is 0 Å². The highest BCUT2D eigenvalue weighted by Gasteiger charge is 2.62. The molecule has 90 valence electrons. The van der Waals surface area contributed by atoms with E-state index in [0.717, 1.165) is 24.8 Å². The first-order valence-corrected chi connectivity index (χ1v) is 6.13. The number of fused-ring (bicyclic) bond motifs is 2. The fourth-order valence-electron chi connectivity index (χ4n) is 3.15. The van der Waals surface area contributed by atoms with E-state index >= 15 is 0 Å². The van der Waals surface area contributed by atoms with Crippen LogP contribution in [0.1, 0.15) is 30.9 Å². The van der Waals surface area contributed by atoms with Gasteiger partial charge in [0.25, 0.3) is 0 Å². The Hall–Kier alpha value is -1.38. The number of aryl methyl sites for hydroxylation is 1. The summed E-state index contributed by atoms with van der Waals surface area (Å²) in [5.41, 5.74) is 2.12. The minimum atomic E-state index is -0.209. The van der Waals surface area contributed by atoms with Gasteiger partial charge in [0.2, 0.25) is 0 Å². The van der Waals surface area contributed by atoms with Crippen LogP contribution in [0.4, 0.5) is 4.39 Å². The van der Waals surface area contributed by atoms with Gasteiger partial charge in [-0.15, -0.1) is 0 Å². The van der Waals surface area contributed by atoms with Gasteiger partial charge in [-0.1, -0.05) is 6.07 Å². The molecule has 3 heteroatoms. The first-order valence-electron chi connectivity index (χ1n) is 6.13. The molecule has 2 unspecified atom stereocenters. The minimum Gasteiger partial charge on any atom is -0.466 e. The number of hydrogen-bond donors (Lipinski definition) is 0. The van der Waals surface area contributed by atoms with Crippen molar-refractivity contribution in [3.63, 3.8) is 0 Å². The van der Waals surface area contributed by atoms with Gasteiger partial charge in [0.1, 0.15) is 5.82 Å². The largest absolute Gasteiger partial charge is 0.466 e. The Labute approximate surface area is 99.8 Å². The third-order valence-electron chi connectivity index (χ3n) is 4.10. The number of halogens is 1. The lowest BCUT2D eigenvalue weighted by Crippen LogP contribution is -2.15. The van der Waals surface area contributed by atoms with Gasteiger partial charge in [0, 0.05) is 5.41 Å². The summed E-state index contributed by atoms with van der Waals surface area (Å²) >= 11 is 0. The van der Waals surface area contributed by atoms with E-state index in [1.54, 1.807) is 6.07 Å². The molecular weight excluding hydrogens is 219 g/mol. The molecule has 0 radical (unpaired) electrons. The molecule has 1 aromatic rings. The molecule has 0 bridgehead atoms. The summed E-state index contributed by atoms with van der Waals surface area (Å²) in [4.78, 5) is 11.7. The van der Waals surface area contributed by atoms with Crippen LogP contribution in [0.5, 0.6) is 0 Å². The highest BCUT2D eigenvalue weighted by molar-refractivity contribution is 5.80. The molecule has 2 aliphatic carbocycles. The van der Waals surface area contributed by atoms with Gasteiger partial charge in [0.15, 0.2) is 0 Å². The van der Waals surface area contributed by atoms with Gasteiger partial charge in [0.05, 0.1) is 12.5 Å². The topological polar surface area (TPSA) is 26.3 Å². The molecule has 0 aromatic heterocycles. The van der Waals surface area contributed by atoms with Crippen LogP contribution >= 0.6 is 0 Å². The predicted molar refractivity (Wildman–Crippen MR) is 61.1 cm³/mol. The van der Waals surface area contributed by atoms with Gasteiger partial charge in [-0.3, -0.25) is 4.79 Å². The maximum Gasteiger partial charge on any atom is 0.309 e. The maximum absolute atomic E-state index is 13.3. The molecule has 2 aliphatic rings. The first-order chi connectivity index (χ1) is 8.17. The first kappa shape index (κ1) is 10.8. The van der Waals surface area contributed by atoms with Gasteiger partial charge < -0.3 is 4.74 Å². The zero-order valence-electron chi connectivity index (χ0n) is 9.83. The predicted octanol–water partition coefficient (Wildman–Crippen LogP) is 2.59. The van der Waals surface area contributed by atoms with E-state index in [-0.39, 0.29) is 23.1 Å². The van der Waals surface area contributed by atoms with Gasteiger partial charge >= 0.3 is 5.97 Å². The number of carbonyl (C=O) groups excluding carboxylic acids is 1. The van der Waals surface area contributed by atoms with E-state index < -0.39 is 0 Å². The minimum absolute atomic E-state index is 0.0505. The van der Waals surface area contributed by atoms with Crippen LogP contribution in [0, 0.1) is 11.7 Å². The molecule has 2 nitrogen and oxygen atoms in total. The number of rotatable bonds is 2. The van der Waals surface area contributed by atoms with Crippen LogP contribution in [-0.4, -0.2) is 12.6 Å². The molecule has 0 amide bonds. The Balaban J connectivity index is 1.90. The summed E-state index contributed by atoms with van der Waals surface area (Å²) in [6.45, 7) is 2.23. The molecule has 17 heavy (non-hydrogen) atoms. The zero-order valence-corrected chi connectivity index (χ0v) is 9.83. The average Bonchev–Trinajstić information content (AvgIpc) is 2.93. The second kappa shape index (κ2) is 3.56. The van der Waals surface area contributed by atoms with Crippen LogP contribution in [0.2, 0.25) is 0 Å². The summed E-state index contributed by atoms with van der Waals surface area (Å²) in [6, 6.07) is 4.95. The van der Waals surface area contributed by atoms with Crippen molar-refractivity contribution in [2.75, 3.05) is 6.61 Å². The fraction of sp³-hybridized carbons (Fsp3) is 0.500. The maximum atomic E-state index is 13.3. The van der Waals surface area contributed by atoms with Crippen LogP contribution < -0.4 is 0 Å². The van der Waals surface area contributed by atoms with E-state index in [4.69, 9.17) is 4.74 Å². The summed E-state index contributed by atoms with van der Waals surface area (Å²) < 4.78 is 18.4. The van der Waals surface area contributed by atoms with E-state index in [9.17, 15) is 9.18 Å². The molecule has 3 rings (SSSR count). The Morgan fingerprint density at radius 2 is 2.41 bits per heavy atom. The van der Waals surface area contributed by atoms with Crippen LogP contribution in [0.3, 0.4) is 0 Å². The fourth-order valence-corrected chi connectivity index (χ4v) is 3.15. The number of esters is 1. The van der Waals surface area contributed by atoms with Crippen molar-refractivity contribution >= 4 is 5.97 Å². The van der Waals surface area contributed by atoms with Gasteiger partial charge in [-0.05, 0) is 49.4 Å². The van der Waals surface area contributed by atoms with Crippen molar-refractivity contribution in [2.24, 2.45) is 5.92 Å². The SMILES string of the molecule is CCOC(=O)C1CC12CCc1ccc(F)cc12. The number of carbonyl (C=O) groups is 1. The van der Waals surface area contributed by atoms with E-state index in [1.807, 2.05) is 13.0 Å². The van der Waals surface area contributed by atoms with Crippen molar-refractivity contribution in [3.05, 3.63) is 35.1 Å². The molecule has 0 saturated heterocycles. The Kier molecular flexibility index (Phi) is 2.25. The zero-order chi connectivity index (χ0) is 12.0. The second-order valence-corrected chi connectivity index (χ2v) is 4.97. The van der Waals surface area contributed by atoms with Crippen LogP contribution in [-0.2, 0) is 21.4 Å². The van der Waals surface area contributed by atoms with Crippen molar-refractivity contribution in [1.29, 1.82) is 0 Å². The summed E-state index contributed by atoms with van der Waals surface area (Å²) in [7, 11) is 0. The molecule has 2 atom stereocenters. The molecule has 1 aromatic carbocycles. The molecule has 0 aliphatic heterocycles. The molecular formula is C14H15FO2. The van der Waals surface area contributed by atoms with Crippen molar-refractivity contribution in [1.82, 2.24) is 0 Å². The van der Waals surface area contributed by atoms with Crippen molar-refractivity contribution in [3.8, 4) is 0 Å². The second-order valence-electron chi connectivity index (χ2n) is 4.97. The van der Waals surface area contributed by atoms with E-state index in [1.165, 1.54) is 11.6 Å². The van der Waals surface area contributed by atoms with E-state index in [0.29, 0.717) is 6.61 Å². The van der Waals surface area contributed by atoms with Crippen molar-refractivity contribution < 1.29 is 13.9 Å². The standard InChI is InChI=1S/C14H15FO2/c1-2-17-13(16)12-8-14(12)6-5-9-3-4-10(15)7-11(9)14/h3-4,7,12H,2,5-6,8H2,1H3. The Bertz CT molecular complexity index is 483. The molecule has 0 N–H and O–H groups in total.